The van der Waals surface area contributed by atoms with Gasteiger partial charge in [0.15, 0.2) is 0 Å². The summed E-state index contributed by atoms with van der Waals surface area (Å²) in [6, 6.07) is 5.60. The van der Waals surface area contributed by atoms with Crippen LogP contribution in [0.3, 0.4) is 0 Å². The summed E-state index contributed by atoms with van der Waals surface area (Å²) in [5.74, 6) is 0.748. The standard InChI is InChI=1S/C16H20BrN3O4/c1-22-15-3-2-12(8-14(15)17)9-18-20-11-13(24-16(20)21)10-19-4-6-23-7-5-19/h2-3,8-9,13H,4-7,10-11H2,1H3/b18-9+. The van der Waals surface area contributed by atoms with Crippen LogP contribution in [0.15, 0.2) is 27.8 Å². The summed E-state index contributed by atoms with van der Waals surface area (Å²) in [6.07, 6.45) is 1.08. The molecule has 1 atom stereocenters. The smallest absolute Gasteiger partial charge is 0.430 e. The van der Waals surface area contributed by atoms with E-state index in [1.165, 1.54) is 5.01 Å². The SMILES string of the molecule is COc1ccc(/C=N/N2CC(CN3CCOCC3)OC2=O)cc1Br. The lowest BCUT2D eigenvalue weighted by Gasteiger charge is -2.27. The molecule has 0 spiro atoms. The summed E-state index contributed by atoms with van der Waals surface area (Å²) in [5, 5.41) is 5.61. The van der Waals surface area contributed by atoms with Crippen LogP contribution in [0.5, 0.6) is 5.75 Å². The molecule has 0 radical (unpaired) electrons. The van der Waals surface area contributed by atoms with Crippen molar-refractivity contribution in [1.29, 1.82) is 0 Å². The molecule has 2 heterocycles. The largest absolute Gasteiger partial charge is 0.496 e. The summed E-state index contributed by atoms with van der Waals surface area (Å²) in [5.41, 5.74) is 0.868. The van der Waals surface area contributed by atoms with E-state index in [0.717, 1.165) is 48.6 Å². The van der Waals surface area contributed by atoms with Gasteiger partial charge in [0, 0.05) is 19.6 Å². The Hall–Kier alpha value is -1.64. The van der Waals surface area contributed by atoms with Crippen molar-refractivity contribution in [2.24, 2.45) is 5.10 Å². The molecule has 2 aliphatic heterocycles. The molecule has 2 fully saturated rings. The predicted molar refractivity (Wildman–Crippen MR) is 92.5 cm³/mol. The lowest BCUT2D eigenvalue weighted by atomic mass is 10.2. The fourth-order valence-electron chi connectivity index (χ4n) is 2.67. The van der Waals surface area contributed by atoms with E-state index < -0.39 is 6.09 Å². The lowest BCUT2D eigenvalue weighted by Crippen LogP contribution is -2.41. The van der Waals surface area contributed by atoms with Gasteiger partial charge in [-0.15, -0.1) is 0 Å². The van der Waals surface area contributed by atoms with Crippen LogP contribution in [0, 0.1) is 0 Å². The number of hydrazone groups is 1. The Morgan fingerprint density at radius 2 is 2.21 bits per heavy atom. The summed E-state index contributed by atoms with van der Waals surface area (Å²) in [4.78, 5) is 14.2. The fraction of sp³-hybridized carbons (Fsp3) is 0.500. The van der Waals surface area contributed by atoms with Crippen molar-refractivity contribution in [1.82, 2.24) is 9.91 Å². The molecule has 0 bridgehead atoms. The molecule has 0 N–H and O–H groups in total. The number of carbonyl (C=O) groups is 1. The third kappa shape index (κ3) is 4.25. The number of hydrogen-bond acceptors (Lipinski definition) is 6. The van der Waals surface area contributed by atoms with Crippen LogP contribution in [-0.4, -0.2) is 74.8 Å². The molecule has 130 valence electrons. The number of ether oxygens (including phenoxy) is 3. The van der Waals surface area contributed by atoms with Gasteiger partial charge in [0.2, 0.25) is 0 Å². The number of rotatable bonds is 5. The fourth-order valence-corrected chi connectivity index (χ4v) is 3.23. The van der Waals surface area contributed by atoms with Crippen LogP contribution in [0.4, 0.5) is 4.79 Å². The minimum absolute atomic E-state index is 0.157. The van der Waals surface area contributed by atoms with Gasteiger partial charge in [-0.25, -0.2) is 4.79 Å². The van der Waals surface area contributed by atoms with Crippen LogP contribution >= 0.6 is 15.9 Å². The molecule has 24 heavy (non-hydrogen) atoms. The van der Waals surface area contributed by atoms with Gasteiger partial charge >= 0.3 is 6.09 Å². The number of nitrogens with zero attached hydrogens (tertiary/aromatic N) is 3. The number of hydrogen-bond donors (Lipinski definition) is 0. The summed E-state index contributed by atoms with van der Waals surface area (Å²) in [7, 11) is 1.61. The highest BCUT2D eigenvalue weighted by atomic mass is 79.9. The molecule has 1 amide bonds. The number of halogens is 1. The van der Waals surface area contributed by atoms with Crippen molar-refractivity contribution >= 4 is 28.2 Å². The second-order valence-electron chi connectivity index (χ2n) is 5.64. The summed E-state index contributed by atoms with van der Waals surface area (Å²) in [6.45, 7) is 4.39. The Balaban J connectivity index is 1.56. The van der Waals surface area contributed by atoms with Crippen LogP contribution in [-0.2, 0) is 9.47 Å². The third-order valence-corrected chi connectivity index (χ3v) is 4.56. The normalized spacial score (nSPS) is 22.2. The van der Waals surface area contributed by atoms with E-state index in [1.807, 2.05) is 18.2 Å². The molecular formula is C16H20BrN3O4. The van der Waals surface area contributed by atoms with Gasteiger partial charge in [-0.05, 0) is 39.7 Å². The number of morpholine rings is 1. The van der Waals surface area contributed by atoms with Gasteiger partial charge in [0.25, 0.3) is 0 Å². The lowest BCUT2D eigenvalue weighted by molar-refractivity contribution is 0.0188. The Kier molecular flexibility index (Phi) is 5.70. The molecule has 8 heteroatoms. The van der Waals surface area contributed by atoms with E-state index in [2.05, 4.69) is 25.9 Å². The quantitative estimate of drug-likeness (QED) is 0.710. The Bertz CT molecular complexity index is 619. The van der Waals surface area contributed by atoms with Crippen LogP contribution < -0.4 is 4.74 Å². The third-order valence-electron chi connectivity index (χ3n) is 3.94. The van der Waals surface area contributed by atoms with E-state index in [9.17, 15) is 4.79 Å². The van der Waals surface area contributed by atoms with Crippen molar-refractivity contribution in [3.63, 3.8) is 0 Å². The van der Waals surface area contributed by atoms with Crippen molar-refractivity contribution in [2.45, 2.75) is 6.10 Å². The molecule has 0 saturated carbocycles. The van der Waals surface area contributed by atoms with Gasteiger partial charge in [0.05, 0.1) is 37.6 Å². The minimum Gasteiger partial charge on any atom is -0.496 e. The monoisotopic (exact) mass is 397 g/mol. The van der Waals surface area contributed by atoms with Gasteiger partial charge in [-0.3, -0.25) is 4.90 Å². The maximum Gasteiger partial charge on any atom is 0.430 e. The Morgan fingerprint density at radius 1 is 1.42 bits per heavy atom. The molecule has 2 aliphatic rings. The highest BCUT2D eigenvalue weighted by molar-refractivity contribution is 9.10. The molecular weight excluding hydrogens is 378 g/mol. The first-order valence-electron chi connectivity index (χ1n) is 7.81. The maximum atomic E-state index is 11.9. The molecule has 1 aromatic carbocycles. The molecule has 7 nitrogen and oxygen atoms in total. The van der Waals surface area contributed by atoms with E-state index >= 15 is 0 Å². The topological polar surface area (TPSA) is 63.6 Å². The number of cyclic esters (lactones) is 1. The summed E-state index contributed by atoms with van der Waals surface area (Å²) >= 11 is 3.43. The van der Waals surface area contributed by atoms with Crippen molar-refractivity contribution in [2.75, 3.05) is 46.5 Å². The van der Waals surface area contributed by atoms with Crippen molar-refractivity contribution in [3.05, 3.63) is 28.2 Å². The number of amides is 1. The zero-order valence-electron chi connectivity index (χ0n) is 13.5. The van der Waals surface area contributed by atoms with Crippen LogP contribution in [0.2, 0.25) is 0 Å². The summed E-state index contributed by atoms with van der Waals surface area (Å²) < 4.78 is 16.7. The first kappa shape index (κ1) is 17.2. The average Bonchev–Trinajstić information content (AvgIpc) is 2.93. The molecule has 3 rings (SSSR count). The second kappa shape index (κ2) is 7.96. The van der Waals surface area contributed by atoms with E-state index in [4.69, 9.17) is 14.2 Å². The van der Waals surface area contributed by atoms with Crippen LogP contribution in [0.1, 0.15) is 5.56 Å². The number of benzene rings is 1. The van der Waals surface area contributed by atoms with E-state index in [1.54, 1.807) is 13.3 Å². The first-order valence-corrected chi connectivity index (χ1v) is 8.61. The Labute approximate surface area is 149 Å². The van der Waals surface area contributed by atoms with Gasteiger partial charge in [-0.1, -0.05) is 0 Å². The second-order valence-corrected chi connectivity index (χ2v) is 6.49. The van der Waals surface area contributed by atoms with E-state index in [-0.39, 0.29) is 6.10 Å². The highest BCUT2D eigenvalue weighted by Gasteiger charge is 2.32. The minimum atomic E-state index is -0.405. The van der Waals surface area contributed by atoms with Gasteiger partial charge in [-0.2, -0.15) is 10.1 Å². The zero-order chi connectivity index (χ0) is 16.9. The molecule has 1 aromatic rings. The van der Waals surface area contributed by atoms with E-state index in [0.29, 0.717) is 6.54 Å². The van der Waals surface area contributed by atoms with Crippen molar-refractivity contribution < 1.29 is 19.0 Å². The van der Waals surface area contributed by atoms with Gasteiger partial charge < -0.3 is 14.2 Å². The average molecular weight is 398 g/mol. The molecule has 1 unspecified atom stereocenters. The maximum absolute atomic E-state index is 11.9. The van der Waals surface area contributed by atoms with Crippen LogP contribution in [0.25, 0.3) is 0 Å². The Morgan fingerprint density at radius 3 is 2.92 bits per heavy atom. The predicted octanol–water partition coefficient (Wildman–Crippen LogP) is 1.94. The molecule has 0 aromatic heterocycles. The number of carbonyl (C=O) groups excluding carboxylic acids is 1. The molecule has 2 saturated heterocycles. The van der Waals surface area contributed by atoms with Gasteiger partial charge in [0.1, 0.15) is 11.9 Å². The number of methoxy groups -OCH3 is 1. The highest BCUT2D eigenvalue weighted by Crippen LogP contribution is 2.25. The zero-order valence-corrected chi connectivity index (χ0v) is 15.1. The first-order chi connectivity index (χ1) is 11.7. The molecule has 0 aliphatic carbocycles. The van der Waals surface area contributed by atoms with Crippen molar-refractivity contribution in [3.8, 4) is 5.75 Å².